The van der Waals surface area contributed by atoms with Crippen LogP contribution < -0.4 is 15.8 Å². The van der Waals surface area contributed by atoms with Crippen LogP contribution in [-0.2, 0) is 5.41 Å². The fourth-order valence-corrected chi connectivity index (χ4v) is 3.29. The Kier molecular flexibility index (Phi) is 11.8. The average Bonchev–Trinajstić information content (AvgIpc) is 2.79. The first-order chi connectivity index (χ1) is 16.4. The highest BCUT2D eigenvalue weighted by Gasteiger charge is 2.22. The Morgan fingerprint density at radius 2 is 1.77 bits per heavy atom. The maximum absolute atomic E-state index is 13.7. The highest BCUT2D eigenvalue weighted by molar-refractivity contribution is 7.80. The molecule has 3 N–H and O–H groups in total. The number of rotatable bonds is 7. The number of nitrogens with zero attached hydrogens (tertiary/aromatic N) is 2. The van der Waals surface area contributed by atoms with Gasteiger partial charge in [0.25, 0.3) is 0 Å². The van der Waals surface area contributed by atoms with Gasteiger partial charge in [-0.1, -0.05) is 71.9 Å². The maximum atomic E-state index is 13.7. The van der Waals surface area contributed by atoms with E-state index in [9.17, 15) is 4.39 Å². The SMILES string of the molecule is C=C/C(F)=C(/CN=C(N)Nc1c(S)ccc(C)c1Oc1c(C)cccc1C(C)(C)C)N=C.CCC.[HH].[HH]. The minimum atomic E-state index is -0.597. The van der Waals surface area contributed by atoms with Crippen LogP contribution in [0.25, 0.3) is 0 Å². The molecule has 194 valence electrons. The molecule has 5 nitrogen and oxygen atoms in total. The molecule has 0 fully saturated rings. The number of guanidine groups is 1. The molecule has 2 aromatic rings. The predicted octanol–water partition coefficient (Wildman–Crippen LogP) is 8.38. The van der Waals surface area contributed by atoms with E-state index in [-0.39, 0.29) is 26.5 Å². The molecule has 2 rings (SSSR count). The summed E-state index contributed by atoms with van der Waals surface area (Å²) in [6, 6.07) is 9.87. The first kappa shape index (κ1) is 30.0. The van der Waals surface area contributed by atoms with Crippen molar-refractivity contribution in [2.45, 2.75) is 65.2 Å². The fraction of sp³-hybridized carbons (Fsp3) is 0.357. The maximum Gasteiger partial charge on any atom is 0.193 e. The Balaban J connectivity index is 0. The molecular formula is C28H43FN4OS. The lowest BCUT2D eigenvalue weighted by Crippen LogP contribution is -2.24. The fourth-order valence-electron chi connectivity index (χ4n) is 3.06. The van der Waals surface area contributed by atoms with E-state index in [1.807, 2.05) is 38.1 Å². The molecule has 0 aliphatic heterocycles. The molecule has 0 heterocycles. The summed E-state index contributed by atoms with van der Waals surface area (Å²) in [5.41, 5.74) is 9.57. The quantitative estimate of drug-likeness (QED) is 0.154. The van der Waals surface area contributed by atoms with Crippen molar-refractivity contribution < 1.29 is 12.0 Å². The van der Waals surface area contributed by atoms with Gasteiger partial charge >= 0.3 is 0 Å². The standard InChI is InChI=1S/C25H31FN4OS.C3H8.2H2/c1-8-18(26)19(28-7)14-29-24(27)30-21-20(32)13-12-16(3)23(21)31-22-15(2)10-9-11-17(22)25(4,5)6;1-3-2;;/h8-13,32H,1,7,14H2,2-6H3,(H3,27,29,30);3H2,1-2H3;2*1H/b19-18+;;;. The van der Waals surface area contributed by atoms with Gasteiger partial charge in [0.15, 0.2) is 11.7 Å². The monoisotopic (exact) mass is 502 g/mol. The molecule has 0 saturated carbocycles. The van der Waals surface area contributed by atoms with Gasteiger partial charge in [0.05, 0.1) is 17.9 Å². The molecule has 0 amide bonds. The largest absolute Gasteiger partial charge is 0.454 e. The van der Waals surface area contributed by atoms with Crippen molar-refractivity contribution in [2.75, 3.05) is 11.9 Å². The summed E-state index contributed by atoms with van der Waals surface area (Å²) >= 11 is 4.58. The minimum absolute atomic E-state index is 0. The van der Waals surface area contributed by atoms with E-state index in [4.69, 9.17) is 10.5 Å². The van der Waals surface area contributed by atoms with Crippen LogP contribution in [0.2, 0.25) is 0 Å². The second-order valence-corrected chi connectivity index (χ2v) is 9.58. The molecule has 0 aliphatic rings. The number of nitrogens with two attached hydrogens (primary N) is 1. The van der Waals surface area contributed by atoms with E-state index < -0.39 is 5.83 Å². The molecule has 0 atom stereocenters. The first-order valence-corrected chi connectivity index (χ1v) is 12.0. The summed E-state index contributed by atoms with van der Waals surface area (Å²) in [7, 11) is 0. The van der Waals surface area contributed by atoms with E-state index in [1.54, 1.807) is 0 Å². The molecule has 0 bridgehead atoms. The number of para-hydroxylation sites is 1. The zero-order valence-corrected chi connectivity index (χ0v) is 22.9. The number of benzene rings is 2. The van der Waals surface area contributed by atoms with Crippen molar-refractivity contribution >= 4 is 31.0 Å². The lowest BCUT2D eigenvalue weighted by atomic mass is 9.85. The molecule has 0 spiro atoms. The predicted molar refractivity (Wildman–Crippen MR) is 157 cm³/mol. The lowest BCUT2D eigenvalue weighted by molar-refractivity contribution is 0.450. The summed E-state index contributed by atoms with van der Waals surface area (Å²) in [6.07, 6.45) is 2.30. The third kappa shape index (κ3) is 8.58. The van der Waals surface area contributed by atoms with Crippen LogP contribution in [0.3, 0.4) is 0 Å². The lowest BCUT2D eigenvalue weighted by Gasteiger charge is -2.25. The molecule has 7 heteroatoms. The number of halogens is 1. The van der Waals surface area contributed by atoms with Crippen LogP contribution in [0.5, 0.6) is 11.5 Å². The topological polar surface area (TPSA) is 72.0 Å². The van der Waals surface area contributed by atoms with E-state index in [2.05, 4.69) is 81.9 Å². The second kappa shape index (κ2) is 13.7. The number of ether oxygens (including phenoxy) is 1. The van der Waals surface area contributed by atoms with Crippen molar-refractivity contribution in [1.29, 1.82) is 0 Å². The Bertz CT molecular complexity index is 1110. The summed E-state index contributed by atoms with van der Waals surface area (Å²) in [6.45, 7) is 21.3. The second-order valence-electron chi connectivity index (χ2n) is 9.10. The number of hydrogen-bond donors (Lipinski definition) is 3. The summed E-state index contributed by atoms with van der Waals surface area (Å²) in [5, 5.41) is 3.05. The van der Waals surface area contributed by atoms with E-state index in [1.165, 1.54) is 6.42 Å². The van der Waals surface area contributed by atoms with Gasteiger partial charge < -0.3 is 15.8 Å². The molecule has 0 radical (unpaired) electrons. The molecule has 0 aliphatic carbocycles. The van der Waals surface area contributed by atoms with Crippen molar-refractivity contribution in [2.24, 2.45) is 15.7 Å². The number of anilines is 1. The Labute approximate surface area is 218 Å². The number of hydrogen-bond acceptors (Lipinski definition) is 4. The summed E-state index contributed by atoms with van der Waals surface area (Å²) in [5.74, 6) is 0.843. The zero-order valence-electron chi connectivity index (χ0n) is 22.0. The third-order valence-corrected chi connectivity index (χ3v) is 5.23. The van der Waals surface area contributed by atoms with Crippen molar-refractivity contribution in [3.05, 3.63) is 71.2 Å². The van der Waals surface area contributed by atoms with Gasteiger partial charge in [-0.25, -0.2) is 9.38 Å². The Hall–Kier alpha value is -3.06. The van der Waals surface area contributed by atoms with Crippen LogP contribution in [0, 0.1) is 13.8 Å². The molecule has 0 unspecified atom stereocenters. The van der Waals surface area contributed by atoms with Gasteiger partial charge in [0.2, 0.25) is 0 Å². The number of aliphatic imine (C=N–C) groups is 2. The van der Waals surface area contributed by atoms with Gasteiger partial charge in [-0.3, -0.25) is 4.99 Å². The minimum Gasteiger partial charge on any atom is -0.454 e. The number of nitrogens with one attached hydrogen (secondary N) is 1. The smallest absolute Gasteiger partial charge is 0.193 e. The van der Waals surface area contributed by atoms with Crippen LogP contribution in [0.4, 0.5) is 10.1 Å². The molecule has 2 aromatic carbocycles. The normalized spacial score (nSPS) is 12.2. The Morgan fingerprint density at radius 3 is 2.31 bits per heavy atom. The molecule has 0 saturated heterocycles. The number of allylic oxidation sites excluding steroid dienone is 2. The van der Waals surface area contributed by atoms with Crippen molar-refractivity contribution in [1.82, 2.24) is 0 Å². The zero-order chi connectivity index (χ0) is 26.8. The highest BCUT2D eigenvalue weighted by atomic mass is 32.1. The van der Waals surface area contributed by atoms with Gasteiger partial charge in [0.1, 0.15) is 11.6 Å². The summed E-state index contributed by atoms with van der Waals surface area (Å²) in [4.78, 5) is 8.43. The van der Waals surface area contributed by atoms with Gasteiger partial charge in [-0.15, -0.1) is 12.6 Å². The van der Waals surface area contributed by atoms with E-state index in [0.717, 1.165) is 28.5 Å². The van der Waals surface area contributed by atoms with Gasteiger partial charge in [0, 0.05) is 13.3 Å². The van der Waals surface area contributed by atoms with Crippen LogP contribution in [0.15, 0.2) is 69.4 Å². The van der Waals surface area contributed by atoms with Crippen LogP contribution >= 0.6 is 12.6 Å². The van der Waals surface area contributed by atoms with Gasteiger partial charge in [-0.2, -0.15) is 0 Å². The molecular weight excluding hydrogens is 459 g/mol. The first-order valence-electron chi connectivity index (χ1n) is 11.6. The summed E-state index contributed by atoms with van der Waals surface area (Å²) < 4.78 is 20.2. The number of thiol groups is 1. The Morgan fingerprint density at radius 1 is 1.17 bits per heavy atom. The van der Waals surface area contributed by atoms with Gasteiger partial charge in [-0.05, 0) is 49.2 Å². The van der Waals surface area contributed by atoms with Crippen molar-refractivity contribution in [3.63, 3.8) is 0 Å². The van der Waals surface area contributed by atoms with E-state index >= 15 is 0 Å². The average molecular weight is 503 g/mol. The highest BCUT2D eigenvalue weighted by Crippen LogP contribution is 2.42. The van der Waals surface area contributed by atoms with E-state index in [0.29, 0.717) is 16.3 Å². The van der Waals surface area contributed by atoms with Crippen LogP contribution in [0.1, 0.15) is 60.6 Å². The third-order valence-electron chi connectivity index (χ3n) is 4.85. The van der Waals surface area contributed by atoms with Crippen LogP contribution in [-0.4, -0.2) is 19.2 Å². The number of aryl methyl sites for hydroxylation is 2. The molecule has 35 heavy (non-hydrogen) atoms. The molecule has 0 aromatic heterocycles. The van der Waals surface area contributed by atoms with Crippen molar-refractivity contribution in [3.8, 4) is 11.5 Å².